The van der Waals surface area contributed by atoms with E-state index in [1.54, 1.807) is 30.1 Å². The van der Waals surface area contributed by atoms with Gasteiger partial charge in [0.25, 0.3) is 0 Å². The number of nitrogens with one attached hydrogen (secondary N) is 2. The van der Waals surface area contributed by atoms with Gasteiger partial charge in [0.15, 0.2) is 11.8 Å². The van der Waals surface area contributed by atoms with Crippen molar-refractivity contribution in [2.75, 3.05) is 6.54 Å². The summed E-state index contributed by atoms with van der Waals surface area (Å²) >= 11 is 0. The molecule has 0 fully saturated rings. The molecular weight excluding hydrogens is 470 g/mol. The molecule has 0 radical (unpaired) electrons. The summed E-state index contributed by atoms with van der Waals surface area (Å²) in [7, 11) is 0. The Hall–Kier alpha value is -2.49. The van der Waals surface area contributed by atoms with E-state index >= 15 is 0 Å². The number of halogens is 2. The molecule has 0 saturated heterocycles. The molecule has 0 amide bonds. The van der Waals surface area contributed by atoms with E-state index in [9.17, 15) is 4.39 Å². The lowest BCUT2D eigenvalue weighted by Crippen LogP contribution is -2.36. The molecule has 0 spiro atoms. The largest absolute Gasteiger partial charge is 0.357 e. The topological polar surface area (TPSA) is 67.1 Å². The second-order valence-electron chi connectivity index (χ2n) is 6.11. The van der Waals surface area contributed by atoms with Gasteiger partial charge >= 0.3 is 0 Å². The summed E-state index contributed by atoms with van der Waals surface area (Å²) in [5, 5.41) is 10.7. The van der Waals surface area contributed by atoms with E-state index < -0.39 is 0 Å². The van der Waals surface area contributed by atoms with Crippen molar-refractivity contribution in [3.05, 3.63) is 77.5 Å². The Morgan fingerprint density at radius 2 is 2.00 bits per heavy atom. The molecule has 0 aliphatic rings. The van der Waals surface area contributed by atoms with Gasteiger partial charge < -0.3 is 10.6 Å². The van der Waals surface area contributed by atoms with Gasteiger partial charge in [-0.2, -0.15) is 5.10 Å². The van der Waals surface area contributed by atoms with Crippen molar-refractivity contribution in [3.63, 3.8) is 0 Å². The van der Waals surface area contributed by atoms with E-state index in [2.05, 4.69) is 25.7 Å². The maximum absolute atomic E-state index is 13.4. The first-order valence-electron chi connectivity index (χ1n) is 8.88. The van der Waals surface area contributed by atoms with Crippen molar-refractivity contribution in [1.29, 1.82) is 0 Å². The van der Waals surface area contributed by atoms with Gasteiger partial charge in [0.1, 0.15) is 5.82 Å². The summed E-state index contributed by atoms with van der Waals surface area (Å²) in [4.78, 5) is 8.91. The van der Waals surface area contributed by atoms with E-state index in [-0.39, 0.29) is 29.8 Å². The Bertz CT molecular complexity index is 911. The quantitative estimate of drug-likeness (QED) is 0.313. The number of pyridine rings is 1. The van der Waals surface area contributed by atoms with Crippen LogP contribution in [0.15, 0.2) is 60.0 Å². The normalized spacial score (nSPS) is 11.0. The molecule has 0 bridgehead atoms. The van der Waals surface area contributed by atoms with E-state index in [1.807, 2.05) is 37.4 Å². The van der Waals surface area contributed by atoms with Crippen LogP contribution < -0.4 is 10.6 Å². The van der Waals surface area contributed by atoms with Crippen molar-refractivity contribution >= 4 is 29.9 Å². The predicted molar refractivity (Wildman–Crippen MR) is 120 cm³/mol. The van der Waals surface area contributed by atoms with E-state index in [1.165, 1.54) is 6.07 Å². The van der Waals surface area contributed by atoms with Crippen LogP contribution in [0.2, 0.25) is 0 Å². The van der Waals surface area contributed by atoms with Crippen LogP contribution in [0.5, 0.6) is 0 Å². The third kappa shape index (κ3) is 6.01. The number of aliphatic imine (C=N–C) groups is 1. The summed E-state index contributed by atoms with van der Waals surface area (Å²) < 4.78 is 15.1. The van der Waals surface area contributed by atoms with Crippen molar-refractivity contribution in [2.24, 2.45) is 4.99 Å². The van der Waals surface area contributed by atoms with Crippen molar-refractivity contribution in [1.82, 2.24) is 25.4 Å². The summed E-state index contributed by atoms with van der Waals surface area (Å²) in [5.74, 6) is 1.28. The minimum atomic E-state index is -0.196. The summed E-state index contributed by atoms with van der Waals surface area (Å²) in [6, 6.07) is 10.9. The second-order valence-corrected chi connectivity index (χ2v) is 6.11. The number of nitrogens with zero attached hydrogens (tertiary/aromatic N) is 4. The molecule has 0 saturated carbocycles. The molecule has 8 heteroatoms. The van der Waals surface area contributed by atoms with Gasteiger partial charge in [-0.3, -0.25) is 0 Å². The SMILES string of the molecule is CCNC(=NCc1ccc(F)c(C)c1)NCc1ccnc(-n2cccn2)c1.I. The molecule has 2 N–H and O–H groups in total. The minimum Gasteiger partial charge on any atom is -0.357 e. The maximum atomic E-state index is 13.4. The highest BCUT2D eigenvalue weighted by Crippen LogP contribution is 2.10. The van der Waals surface area contributed by atoms with E-state index in [0.717, 1.165) is 23.5 Å². The Kier molecular flexibility index (Phi) is 8.37. The van der Waals surface area contributed by atoms with Crippen LogP contribution in [-0.2, 0) is 13.1 Å². The highest BCUT2D eigenvalue weighted by Gasteiger charge is 2.03. The lowest BCUT2D eigenvalue weighted by atomic mass is 10.1. The van der Waals surface area contributed by atoms with Crippen LogP contribution in [0.1, 0.15) is 23.6 Å². The second kappa shape index (κ2) is 10.7. The first-order chi connectivity index (χ1) is 13.2. The first-order valence-corrected chi connectivity index (χ1v) is 8.88. The minimum absolute atomic E-state index is 0. The van der Waals surface area contributed by atoms with Gasteiger partial charge in [-0.1, -0.05) is 12.1 Å². The molecule has 3 aromatic rings. The number of hydrogen-bond acceptors (Lipinski definition) is 3. The monoisotopic (exact) mass is 494 g/mol. The highest BCUT2D eigenvalue weighted by atomic mass is 127. The van der Waals surface area contributed by atoms with Gasteiger partial charge in [-0.05, 0) is 54.8 Å². The average Bonchev–Trinajstić information content (AvgIpc) is 3.22. The third-order valence-electron chi connectivity index (χ3n) is 4.00. The number of aromatic nitrogens is 3. The van der Waals surface area contributed by atoms with Gasteiger partial charge in [0.05, 0.1) is 6.54 Å². The van der Waals surface area contributed by atoms with Crippen LogP contribution >= 0.6 is 24.0 Å². The molecule has 2 heterocycles. The molecule has 0 aliphatic heterocycles. The smallest absolute Gasteiger partial charge is 0.191 e. The van der Waals surface area contributed by atoms with Crippen LogP contribution in [0.4, 0.5) is 4.39 Å². The van der Waals surface area contributed by atoms with Crippen molar-refractivity contribution in [3.8, 4) is 5.82 Å². The van der Waals surface area contributed by atoms with Crippen molar-refractivity contribution < 1.29 is 4.39 Å². The van der Waals surface area contributed by atoms with Crippen LogP contribution in [-0.4, -0.2) is 27.3 Å². The fourth-order valence-electron chi connectivity index (χ4n) is 2.60. The number of guanidine groups is 1. The Morgan fingerprint density at radius 3 is 2.71 bits per heavy atom. The molecule has 148 valence electrons. The number of rotatable bonds is 6. The summed E-state index contributed by atoms with van der Waals surface area (Å²) in [6.07, 6.45) is 5.34. The molecule has 28 heavy (non-hydrogen) atoms. The molecule has 2 aromatic heterocycles. The average molecular weight is 494 g/mol. The number of hydrogen-bond donors (Lipinski definition) is 2. The van der Waals surface area contributed by atoms with Crippen molar-refractivity contribution in [2.45, 2.75) is 26.9 Å². The fourth-order valence-corrected chi connectivity index (χ4v) is 2.60. The lowest BCUT2D eigenvalue weighted by molar-refractivity contribution is 0.617. The zero-order valence-electron chi connectivity index (χ0n) is 15.9. The van der Waals surface area contributed by atoms with E-state index in [0.29, 0.717) is 24.6 Å². The molecule has 0 unspecified atom stereocenters. The lowest BCUT2D eigenvalue weighted by Gasteiger charge is -2.12. The van der Waals surface area contributed by atoms with Gasteiger partial charge in [0, 0.05) is 31.7 Å². The van der Waals surface area contributed by atoms with Crippen LogP contribution in [0.25, 0.3) is 5.82 Å². The highest BCUT2D eigenvalue weighted by molar-refractivity contribution is 14.0. The predicted octanol–water partition coefficient (Wildman–Crippen LogP) is 3.59. The zero-order valence-corrected chi connectivity index (χ0v) is 18.2. The summed E-state index contributed by atoms with van der Waals surface area (Å²) in [6.45, 7) is 5.60. The summed E-state index contributed by atoms with van der Waals surface area (Å²) in [5.41, 5.74) is 2.67. The number of aryl methyl sites for hydroxylation is 1. The Labute approximate surface area is 181 Å². The molecule has 1 aromatic carbocycles. The standard InChI is InChI=1S/C20H23FN6.HI/c1-3-22-20(24-13-16-5-6-18(21)15(2)11-16)25-14-17-7-9-23-19(12-17)27-10-4-8-26-27;/h4-12H,3,13-14H2,1-2H3,(H2,22,24,25);1H. The molecule has 0 atom stereocenters. The Balaban J connectivity index is 0.00000280. The van der Waals surface area contributed by atoms with Crippen LogP contribution in [0.3, 0.4) is 0 Å². The van der Waals surface area contributed by atoms with Crippen LogP contribution in [0, 0.1) is 12.7 Å². The van der Waals surface area contributed by atoms with Gasteiger partial charge in [0.2, 0.25) is 0 Å². The molecule has 6 nitrogen and oxygen atoms in total. The number of benzene rings is 1. The third-order valence-corrected chi connectivity index (χ3v) is 4.00. The van der Waals surface area contributed by atoms with Gasteiger partial charge in [-0.25, -0.2) is 19.0 Å². The molecule has 3 rings (SSSR count). The molecule has 0 aliphatic carbocycles. The molecular formula is C20H24FIN6. The maximum Gasteiger partial charge on any atom is 0.191 e. The zero-order chi connectivity index (χ0) is 19.1. The Morgan fingerprint density at radius 1 is 1.14 bits per heavy atom. The van der Waals surface area contributed by atoms with Gasteiger partial charge in [-0.15, -0.1) is 24.0 Å². The fraction of sp³-hybridized carbons (Fsp3) is 0.250. The first kappa shape index (κ1) is 21.8. The van der Waals surface area contributed by atoms with E-state index in [4.69, 9.17) is 0 Å².